The summed E-state index contributed by atoms with van der Waals surface area (Å²) in [5.41, 5.74) is 1.35. The lowest BCUT2D eigenvalue weighted by molar-refractivity contribution is 0.129. The molecule has 5 heteroatoms. The Labute approximate surface area is 142 Å². The van der Waals surface area contributed by atoms with E-state index in [9.17, 15) is 9.90 Å². The number of rotatable bonds is 7. The maximum atomic E-state index is 12.0. The molecule has 1 heterocycles. The van der Waals surface area contributed by atoms with Gasteiger partial charge in [0.15, 0.2) is 0 Å². The first-order chi connectivity index (χ1) is 11.6. The van der Waals surface area contributed by atoms with Crippen molar-refractivity contribution in [2.24, 2.45) is 5.92 Å². The predicted octanol–water partition coefficient (Wildman–Crippen LogP) is 3.19. The van der Waals surface area contributed by atoms with E-state index in [4.69, 9.17) is 4.42 Å². The standard InChI is InChI=1S/C19H24N2O3/c1-13(10-17(22)18-8-5-9-24-18)21-19(23)20-12-15-11-16(15)14-6-3-2-4-7-14/h2-9,13,15-17,22H,10-12H2,1H3,(H2,20,21,23). The zero-order chi connectivity index (χ0) is 16.9. The number of carbonyl (C=O) groups excluding carboxylic acids is 1. The third-order valence-corrected chi connectivity index (χ3v) is 4.50. The van der Waals surface area contributed by atoms with E-state index in [0.717, 1.165) is 6.42 Å². The summed E-state index contributed by atoms with van der Waals surface area (Å²) in [4.78, 5) is 12.0. The van der Waals surface area contributed by atoms with Gasteiger partial charge in [0.05, 0.1) is 6.26 Å². The van der Waals surface area contributed by atoms with E-state index in [-0.39, 0.29) is 12.1 Å². The number of aliphatic hydroxyl groups is 1. The van der Waals surface area contributed by atoms with Gasteiger partial charge in [0.2, 0.25) is 0 Å². The Kier molecular flexibility index (Phi) is 5.20. The van der Waals surface area contributed by atoms with Crippen molar-refractivity contribution in [2.75, 3.05) is 6.54 Å². The van der Waals surface area contributed by atoms with Crippen LogP contribution in [0.15, 0.2) is 53.1 Å². The second kappa shape index (κ2) is 7.53. The molecule has 128 valence electrons. The average molecular weight is 328 g/mol. The Morgan fingerprint density at radius 1 is 1.29 bits per heavy atom. The van der Waals surface area contributed by atoms with Crippen molar-refractivity contribution < 1.29 is 14.3 Å². The highest BCUT2D eigenvalue weighted by Gasteiger charge is 2.38. The molecule has 4 unspecified atom stereocenters. The van der Waals surface area contributed by atoms with Gasteiger partial charge < -0.3 is 20.2 Å². The van der Waals surface area contributed by atoms with Crippen molar-refractivity contribution in [2.45, 2.75) is 37.8 Å². The molecule has 4 atom stereocenters. The summed E-state index contributed by atoms with van der Waals surface area (Å²) in [7, 11) is 0. The lowest BCUT2D eigenvalue weighted by Gasteiger charge is -2.17. The quantitative estimate of drug-likeness (QED) is 0.731. The normalized spacial score (nSPS) is 21.8. The number of amides is 2. The van der Waals surface area contributed by atoms with E-state index in [1.54, 1.807) is 12.1 Å². The highest BCUT2D eigenvalue weighted by Crippen LogP contribution is 2.46. The van der Waals surface area contributed by atoms with Crippen LogP contribution >= 0.6 is 0 Å². The fraction of sp³-hybridized carbons (Fsp3) is 0.421. The van der Waals surface area contributed by atoms with E-state index in [1.165, 1.54) is 11.8 Å². The third kappa shape index (κ3) is 4.38. The summed E-state index contributed by atoms with van der Waals surface area (Å²) < 4.78 is 5.16. The molecule has 1 aromatic heterocycles. The molecule has 1 aliphatic carbocycles. The van der Waals surface area contributed by atoms with Crippen LogP contribution in [0.2, 0.25) is 0 Å². The van der Waals surface area contributed by atoms with Crippen molar-refractivity contribution in [3.63, 3.8) is 0 Å². The molecular formula is C19H24N2O3. The van der Waals surface area contributed by atoms with E-state index in [2.05, 4.69) is 34.9 Å². The van der Waals surface area contributed by atoms with Crippen LogP contribution in [0.1, 0.15) is 43.1 Å². The Morgan fingerprint density at radius 3 is 2.79 bits per heavy atom. The number of nitrogens with one attached hydrogen (secondary N) is 2. The number of hydrogen-bond acceptors (Lipinski definition) is 3. The lowest BCUT2D eigenvalue weighted by atomic mass is 10.1. The van der Waals surface area contributed by atoms with Crippen molar-refractivity contribution in [3.8, 4) is 0 Å². The predicted molar refractivity (Wildman–Crippen MR) is 91.6 cm³/mol. The molecule has 2 aromatic rings. The third-order valence-electron chi connectivity index (χ3n) is 4.50. The van der Waals surface area contributed by atoms with Gasteiger partial charge in [-0.15, -0.1) is 0 Å². The molecule has 1 aliphatic rings. The van der Waals surface area contributed by atoms with Crippen molar-refractivity contribution in [1.82, 2.24) is 10.6 Å². The molecule has 3 rings (SSSR count). The van der Waals surface area contributed by atoms with Crippen LogP contribution < -0.4 is 10.6 Å². The summed E-state index contributed by atoms with van der Waals surface area (Å²) in [5.74, 6) is 1.60. The molecule has 1 saturated carbocycles. The fourth-order valence-electron chi connectivity index (χ4n) is 3.07. The fourth-order valence-corrected chi connectivity index (χ4v) is 3.07. The van der Waals surface area contributed by atoms with Gasteiger partial charge in [0, 0.05) is 19.0 Å². The summed E-state index contributed by atoms with van der Waals surface area (Å²) in [6, 6.07) is 13.5. The molecule has 0 aliphatic heterocycles. The van der Waals surface area contributed by atoms with Crippen LogP contribution in [0.4, 0.5) is 4.79 Å². The van der Waals surface area contributed by atoms with Crippen LogP contribution in [0.5, 0.6) is 0 Å². The summed E-state index contributed by atoms with van der Waals surface area (Å²) in [5, 5.41) is 15.8. The molecule has 1 aromatic carbocycles. The largest absolute Gasteiger partial charge is 0.467 e. The highest BCUT2D eigenvalue weighted by atomic mass is 16.4. The van der Waals surface area contributed by atoms with Crippen LogP contribution in [0.25, 0.3) is 0 Å². The Morgan fingerprint density at radius 2 is 2.08 bits per heavy atom. The van der Waals surface area contributed by atoms with Gasteiger partial charge in [-0.05, 0) is 42.9 Å². The number of aliphatic hydroxyl groups excluding tert-OH is 1. The monoisotopic (exact) mass is 328 g/mol. The minimum absolute atomic E-state index is 0.144. The van der Waals surface area contributed by atoms with Gasteiger partial charge in [-0.1, -0.05) is 30.3 Å². The lowest BCUT2D eigenvalue weighted by Crippen LogP contribution is -2.42. The molecular weight excluding hydrogens is 304 g/mol. The van der Waals surface area contributed by atoms with Crippen LogP contribution in [-0.2, 0) is 0 Å². The molecule has 2 amide bonds. The second-order valence-corrected chi connectivity index (χ2v) is 6.54. The zero-order valence-electron chi connectivity index (χ0n) is 13.8. The molecule has 0 saturated heterocycles. The van der Waals surface area contributed by atoms with Crippen LogP contribution in [-0.4, -0.2) is 23.7 Å². The smallest absolute Gasteiger partial charge is 0.315 e. The molecule has 1 fully saturated rings. The number of urea groups is 1. The Hall–Kier alpha value is -2.27. The molecule has 0 spiro atoms. The summed E-state index contributed by atoms with van der Waals surface area (Å²) in [6.07, 6.45) is 2.36. The van der Waals surface area contributed by atoms with Crippen LogP contribution in [0, 0.1) is 5.92 Å². The second-order valence-electron chi connectivity index (χ2n) is 6.54. The zero-order valence-corrected chi connectivity index (χ0v) is 13.8. The van der Waals surface area contributed by atoms with Gasteiger partial charge in [-0.2, -0.15) is 0 Å². The van der Waals surface area contributed by atoms with E-state index in [0.29, 0.717) is 30.6 Å². The summed E-state index contributed by atoms with van der Waals surface area (Å²) in [6.45, 7) is 2.55. The topological polar surface area (TPSA) is 74.5 Å². The van der Waals surface area contributed by atoms with E-state index < -0.39 is 6.10 Å². The number of furan rings is 1. The Bertz CT molecular complexity index is 642. The first-order valence-electron chi connectivity index (χ1n) is 8.44. The number of benzene rings is 1. The van der Waals surface area contributed by atoms with Gasteiger partial charge in [-0.25, -0.2) is 4.79 Å². The molecule has 3 N–H and O–H groups in total. The van der Waals surface area contributed by atoms with Crippen molar-refractivity contribution in [1.29, 1.82) is 0 Å². The maximum absolute atomic E-state index is 12.0. The van der Waals surface area contributed by atoms with Gasteiger partial charge in [0.1, 0.15) is 11.9 Å². The Balaban J connectivity index is 1.36. The first-order valence-corrected chi connectivity index (χ1v) is 8.44. The SMILES string of the molecule is CC(CC(O)c1ccco1)NC(=O)NCC1CC1c1ccccc1. The van der Waals surface area contributed by atoms with Gasteiger partial charge in [0.25, 0.3) is 0 Å². The molecule has 24 heavy (non-hydrogen) atoms. The van der Waals surface area contributed by atoms with Gasteiger partial charge in [-0.3, -0.25) is 0 Å². The first kappa shape index (κ1) is 16.6. The van der Waals surface area contributed by atoms with Crippen molar-refractivity contribution in [3.05, 3.63) is 60.1 Å². The molecule has 0 bridgehead atoms. The molecule has 5 nitrogen and oxygen atoms in total. The van der Waals surface area contributed by atoms with Crippen LogP contribution in [0.3, 0.4) is 0 Å². The van der Waals surface area contributed by atoms with Gasteiger partial charge >= 0.3 is 6.03 Å². The number of carbonyl (C=O) groups is 1. The van der Waals surface area contributed by atoms with E-state index >= 15 is 0 Å². The summed E-state index contributed by atoms with van der Waals surface area (Å²) >= 11 is 0. The number of hydrogen-bond donors (Lipinski definition) is 3. The average Bonchev–Trinajstić information content (AvgIpc) is 3.14. The van der Waals surface area contributed by atoms with Crippen molar-refractivity contribution >= 4 is 6.03 Å². The minimum Gasteiger partial charge on any atom is -0.467 e. The maximum Gasteiger partial charge on any atom is 0.315 e. The highest BCUT2D eigenvalue weighted by molar-refractivity contribution is 5.74. The minimum atomic E-state index is -0.707. The molecule has 0 radical (unpaired) electrons. The van der Waals surface area contributed by atoms with E-state index in [1.807, 2.05) is 13.0 Å².